The highest BCUT2D eigenvalue weighted by molar-refractivity contribution is 8.02. The molecule has 0 N–H and O–H groups in total. The lowest BCUT2D eigenvalue weighted by Crippen LogP contribution is -1.79. The molecule has 90 valence electrons. The molecule has 1 aromatic carbocycles. The lowest BCUT2D eigenvalue weighted by Gasteiger charge is -1.98. The number of thioether (sulfide) groups is 2. The van der Waals surface area contributed by atoms with Gasteiger partial charge in [0.25, 0.3) is 0 Å². The third kappa shape index (κ3) is 4.17. The summed E-state index contributed by atoms with van der Waals surface area (Å²) in [6.07, 6.45) is 0. The SMILES string of the molecule is CCSc1nnc(SCc2ccc(Cl)cc2)s1. The molecule has 0 spiro atoms. The molecule has 0 atom stereocenters. The molecule has 1 aromatic heterocycles. The summed E-state index contributed by atoms with van der Waals surface area (Å²) in [5.41, 5.74) is 1.25. The molecule has 0 saturated heterocycles. The predicted octanol–water partition coefficient (Wildman–Crippen LogP) is 4.60. The number of benzene rings is 1. The summed E-state index contributed by atoms with van der Waals surface area (Å²) in [6, 6.07) is 7.90. The molecular weight excluding hydrogens is 292 g/mol. The highest BCUT2D eigenvalue weighted by Gasteiger charge is 2.04. The summed E-state index contributed by atoms with van der Waals surface area (Å²) in [5.74, 6) is 1.94. The molecule has 0 radical (unpaired) electrons. The molecule has 2 aromatic rings. The second-order valence-corrected chi connectivity index (χ2v) is 7.33. The van der Waals surface area contributed by atoms with Gasteiger partial charge in [-0.15, -0.1) is 10.2 Å². The second kappa shape index (κ2) is 6.64. The van der Waals surface area contributed by atoms with E-state index in [1.807, 2.05) is 24.3 Å². The summed E-state index contributed by atoms with van der Waals surface area (Å²) >= 11 is 10.9. The maximum absolute atomic E-state index is 5.84. The first-order chi connectivity index (χ1) is 8.28. The van der Waals surface area contributed by atoms with E-state index < -0.39 is 0 Å². The molecule has 1 heterocycles. The molecule has 0 fully saturated rings. The first kappa shape index (κ1) is 13.2. The average Bonchev–Trinajstić information content (AvgIpc) is 2.77. The topological polar surface area (TPSA) is 25.8 Å². The smallest absolute Gasteiger partial charge is 0.131 e. The van der Waals surface area contributed by atoms with Crippen molar-refractivity contribution >= 4 is 46.5 Å². The number of hydrogen-bond acceptors (Lipinski definition) is 5. The van der Waals surface area contributed by atoms with Crippen LogP contribution in [-0.4, -0.2) is 16.0 Å². The van der Waals surface area contributed by atoms with Crippen LogP contribution in [0.5, 0.6) is 0 Å². The highest BCUT2D eigenvalue weighted by Crippen LogP contribution is 2.30. The molecule has 0 bridgehead atoms. The van der Waals surface area contributed by atoms with E-state index in [1.54, 1.807) is 34.9 Å². The van der Waals surface area contributed by atoms with Gasteiger partial charge in [-0.05, 0) is 23.4 Å². The van der Waals surface area contributed by atoms with Crippen LogP contribution >= 0.6 is 46.5 Å². The van der Waals surface area contributed by atoms with E-state index in [1.165, 1.54) is 5.56 Å². The van der Waals surface area contributed by atoms with Gasteiger partial charge in [-0.2, -0.15) is 0 Å². The fraction of sp³-hybridized carbons (Fsp3) is 0.273. The highest BCUT2D eigenvalue weighted by atomic mass is 35.5. The summed E-state index contributed by atoms with van der Waals surface area (Å²) < 4.78 is 2.07. The number of aromatic nitrogens is 2. The van der Waals surface area contributed by atoms with Gasteiger partial charge in [0.05, 0.1) is 0 Å². The van der Waals surface area contributed by atoms with Gasteiger partial charge in [0.2, 0.25) is 0 Å². The first-order valence-corrected chi connectivity index (χ1v) is 8.28. The van der Waals surface area contributed by atoms with Crippen LogP contribution in [0.15, 0.2) is 32.9 Å². The molecule has 2 rings (SSSR count). The number of hydrogen-bond donors (Lipinski definition) is 0. The molecule has 17 heavy (non-hydrogen) atoms. The fourth-order valence-corrected chi connectivity index (χ4v) is 4.16. The maximum atomic E-state index is 5.84. The molecule has 0 amide bonds. The van der Waals surface area contributed by atoms with E-state index in [0.29, 0.717) is 0 Å². The molecule has 6 heteroatoms. The largest absolute Gasteiger partial charge is 0.175 e. The minimum absolute atomic E-state index is 0.774. The van der Waals surface area contributed by atoms with E-state index >= 15 is 0 Å². The third-order valence-electron chi connectivity index (χ3n) is 1.93. The second-order valence-electron chi connectivity index (χ2n) is 3.18. The van der Waals surface area contributed by atoms with Crippen LogP contribution in [-0.2, 0) is 5.75 Å². The molecule has 0 aliphatic rings. The number of rotatable bonds is 5. The normalized spacial score (nSPS) is 10.7. The van der Waals surface area contributed by atoms with Gasteiger partial charge in [-0.25, -0.2) is 0 Å². The summed E-state index contributed by atoms with van der Waals surface area (Å²) in [5, 5.41) is 9.05. The minimum atomic E-state index is 0.774. The average molecular weight is 303 g/mol. The standard InChI is InChI=1S/C11H11ClN2S3/c1-2-15-10-13-14-11(17-10)16-7-8-3-5-9(12)6-4-8/h3-6H,2,7H2,1H3. The zero-order valence-electron chi connectivity index (χ0n) is 9.22. The van der Waals surface area contributed by atoms with Crippen molar-refractivity contribution in [2.45, 2.75) is 21.4 Å². The Bertz CT molecular complexity index is 470. The van der Waals surface area contributed by atoms with Crippen LogP contribution in [0.25, 0.3) is 0 Å². The third-order valence-corrected chi connectivity index (χ3v) is 5.33. The minimum Gasteiger partial charge on any atom is -0.131 e. The van der Waals surface area contributed by atoms with Gasteiger partial charge in [0.1, 0.15) is 0 Å². The van der Waals surface area contributed by atoms with Crippen molar-refractivity contribution in [1.82, 2.24) is 10.2 Å². The van der Waals surface area contributed by atoms with Crippen LogP contribution in [0, 0.1) is 0 Å². The Hall–Kier alpha value is -0.230. The predicted molar refractivity (Wildman–Crippen MR) is 77.3 cm³/mol. The number of nitrogens with zero attached hydrogens (tertiary/aromatic N) is 2. The Kier molecular flexibility index (Phi) is 5.16. The Labute approximate surface area is 118 Å². The van der Waals surface area contributed by atoms with Crippen LogP contribution in [0.4, 0.5) is 0 Å². The van der Waals surface area contributed by atoms with Crippen molar-refractivity contribution in [3.8, 4) is 0 Å². The van der Waals surface area contributed by atoms with Crippen LogP contribution in [0.3, 0.4) is 0 Å². The Morgan fingerprint density at radius 1 is 1.12 bits per heavy atom. The lowest BCUT2D eigenvalue weighted by molar-refractivity contribution is 0.954. The van der Waals surface area contributed by atoms with Gasteiger partial charge in [0, 0.05) is 10.8 Å². The van der Waals surface area contributed by atoms with Crippen molar-refractivity contribution in [2.24, 2.45) is 0 Å². The van der Waals surface area contributed by atoms with E-state index in [4.69, 9.17) is 11.6 Å². The van der Waals surface area contributed by atoms with Crippen molar-refractivity contribution in [3.63, 3.8) is 0 Å². The molecule has 0 aliphatic heterocycles. The van der Waals surface area contributed by atoms with Gasteiger partial charge in [0.15, 0.2) is 8.68 Å². The van der Waals surface area contributed by atoms with Crippen LogP contribution in [0.1, 0.15) is 12.5 Å². The zero-order chi connectivity index (χ0) is 12.1. The fourth-order valence-electron chi connectivity index (χ4n) is 1.16. The van der Waals surface area contributed by atoms with Gasteiger partial charge < -0.3 is 0 Å². The monoisotopic (exact) mass is 302 g/mol. The summed E-state index contributed by atoms with van der Waals surface area (Å²) in [7, 11) is 0. The quantitative estimate of drug-likeness (QED) is 0.754. The van der Waals surface area contributed by atoms with Gasteiger partial charge in [-0.1, -0.05) is 65.5 Å². The Morgan fingerprint density at radius 3 is 2.41 bits per heavy atom. The first-order valence-electron chi connectivity index (χ1n) is 5.11. The molecule has 0 saturated carbocycles. The van der Waals surface area contributed by atoms with Crippen molar-refractivity contribution in [2.75, 3.05) is 5.75 Å². The lowest BCUT2D eigenvalue weighted by atomic mass is 10.2. The van der Waals surface area contributed by atoms with E-state index in [2.05, 4.69) is 17.1 Å². The van der Waals surface area contributed by atoms with E-state index in [0.717, 1.165) is 25.2 Å². The summed E-state index contributed by atoms with van der Waals surface area (Å²) in [6.45, 7) is 2.12. The molecule has 2 nitrogen and oxygen atoms in total. The van der Waals surface area contributed by atoms with Crippen molar-refractivity contribution in [3.05, 3.63) is 34.9 Å². The molecular formula is C11H11ClN2S3. The van der Waals surface area contributed by atoms with E-state index in [-0.39, 0.29) is 0 Å². The van der Waals surface area contributed by atoms with Crippen LogP contribution in [0.2, 0.25) is 5.02 Å². The van der Waals surface area contributed by atoms with Crippen molar-refractivity contribution < 1.29 is 0 Å². The van der Waals surface area contributed by atoms with Crippen molar-refractivity contribution in [1.29, 1.82) is 0 Å². The Balaban J connectivity index is 1.90. The zero-order valence-corrected chi connectivity index (χ0v) is 12.4. The number of halogens is 1. The maximum Gasteiger partial charge on any atom is 0.175 e. The van der Waals surface area contributed by atoms with Crippen LogP contribution < -0.4 is 0 Å². The van der Waals surface area contributed by atoms with E-state index in [9.17, 15) is 0 Å². The Morgan fingerprint density at radius 2 is 1.76 bits per heavy atom. The van der Waals surface area contributed by atoms with Gasteiger partial charge in [-0.3, -0.25) is 0 Å². The molecule has 0 unspecified atom stereocenters. The van der Waals surface area contributed by atoms with Gasteiger partial charge >= 0.3 is 0 Å². The summed E-state index contributed by atoms with van der Waals surface area (Å²) in [4.78, 5) is 0. The molecule has 0 aliphatic carbocycles.